The third-order valence-electron chi connectivity index (χ3n) is 2.85. The molecule has 0 saturated heterocycles. The van der Waals surface area contributed by atoms with E-state index >= 15 is 0 Å². The summed E-state index contributed by atoms with van der Waals surface area (Å²) in [5.74, 6) is -11.8. The highest BCUT2D eigenvalue weighted by Crippen LogP contribution is 2.48. The quantitative estimate of drug-likeness (QED) is 0.664. The van der Waals surface area contributed by atoms with Crippen LogP contribution in [0.5, 0.6) is 0 Å². The van der Waals surface area contributed by atoms with Crippen LogP contribution < -0.4 is 0 Å². The van der Waals surface area contributed by atoms with Gasteiger partial charge >= 0.3 is 18.0 Å². The second-order valence-corrected chi connectivity index (χ2v) is 5.94. The van der Waals surface area contributed by atoms with Crippen molar-refractivity contribution in [2.45, 2.75) is 36.3 Å². The smallest absolute Gasteiger partial charge is 0.282 e. The molecule has 1 aromatic rings. The van der Waals surface area contributed by atoms with E-state index in [1.54, 1.807) is 0 Å². The molecule has 0 aliphatic heterocycles. The highest BCUT2D eigenvalue weighted by atomic mass is 32.2. The van der Waals surface area contributed by atoms with Gasteiger partial charge in [-0.15, -0.1) is 0 Å². The minimum absolute atomic E-state index is 0.134. The summed E-state index contributed by atoms with van der Waals surface area (Å²) in [6.45, 7) is 1.12. The number of aryl methyl sites for hydroxylation is 1. The number of hydrogen-bond donors (Lipinski definition) is 1. The van der Waals surface area contributed by atoms with Gasteiger partial charge in [-0.2, -0.15) is 39.2 Å². The van der Waals surface area contributed by atoms with Crippen LogP contribution in [0.1, 0.15) is 11.1 Å². The summed E-state index contributed by atoms with van der Waals surface area (Å²) in [4.78, 5) is -0.890. The van der Waals surface area contributed by atoms with Crippen molar-refractivity contribution in [2.75, 3.05) is 0 Å². The number of alkyl halides is 7. The maximum Gasteiger partial charge on any atom is 0.459 e. The number of rotatable bonds is 4. The van der Waals surface area contributed by atoms with E-state index in [4.69, 9.17) is 4.55 Å². The predicted molar refractivity (Wildman–Crippen MR) is 60.6 cm³/mol. The Morgan fingerprint density at radius 1 is 1.05 bits per heavy atom. The van der Waals surface area contributed by atoms with Crippen LogP contribution in [0, 0.1) is 6.92 Å². The first kappa shape index (κ1) is 18.7. The molecule has 0 heterocycles. The predicted octanol–water partition coefficient (Wildman–Crippen LogP) is 3.62. The minimum Gasteiger partial charge on any atom is -0.282 e. The lowest BCUT2D eigenvalue weighted by Gasteiger charge is -2.28. The third-order valence-corrected chi connectivity index (χ3v) is 3.70. The highest BCUT2D eigenvalue weighted by molar-refractivity contribution is 7.85. The van der Waals surface area contributed by atoms with Gasteiger partial charge in [0.05, 0.1) is 4.90 Å². The van der Waals surface area contributed by atoms with Gasteiger partial charge in [-0.1, -0.05) is 6.07 Å². The molecular formula is C11H9F7O3S. The molecule has 1 aromatic carbocycles. The van der Waals surface area contributed by atoms with Gasteiger partial charge in [-0.25, -0.2) is 0 Å². The van der Waals surface area contributed by atoms with Crippen LogP contribution >= 0.6 is 0 Å². The van der Waals surface area contributed by atoms with Crippen LogP contribution in [0.25, 0.3) is 0 Å². The van der Waals surface area contributed by atoms with Gasteiger partial charge < -0.3 is 0 Å². The monoisotopic (exact) mass is 354 g/mol. The first-order valence-corrected chi connectivity index (χ1v) is 6.93. The molecule has 0 radical (unpaired) electrons. The summed E-state index contributed by atoms with van der Waals surface area (Å²) in [6.07, 6.45) is -8.51. The largest absolute Gasteiger partial charge is 0.459 e. The lowest BCUT2D eigenvalue weighted by Crippen LogP contribution is -2.53. The Balaban J connectivity index is 3.30. The van der Waals surface area contributed by atoms with E-state index < -0.39 is 45.0 Å². The lowest BCUT2D eigenvalue weighted by atomic mass is 9.98. The van der Waals surface area contributed by atoms with E-state index in [1.165, 1.54) is 0 Å². The average Bonchev–Trinajstić information content (AvgIpc) is 2.28. The van der Waals surface area contributed by atoms with Crippen molar-refractivity contribution in [3.05, 3.63) is 29.3 Å². The molecule has 0 saturated carbocycles. The normalized spacial score (nSPS) is 14.2. The van der Waals surface area contributed by atoms with Crippen molar-refractivity contribution in [2.24, 2.45) is 0 Å². The van der Waals surface area contributed by atoms with Gasteiger partial charge in [-0.3, -0.25) is 4.55 Å². The van der Waals surface area contributed by atoms with E-state index in [-0.39, 0.29) is 5.56 Å². The topological polar surface area (TPSA) is 54.4 Å². The summed E-state index contributed by atoms with van der Waals surface area (Å²) >= 11 is 0. The second kappa shape index (κ2) is 5.37. The van der Waals surface area contributed by atoms with Crippen molar-refractivity contribution in [3.8, 4) is 0 Å². The fourth-order valence-corrected chi connectivity index (χ4v) is 2.09. The Hall–Kier alpha value is -1.36. The zero-order valence-electron chi connectivity index (χ0n) is 10.8. The van der Waals surface area contributed by atoms with Crippen LogP contribution in [-0.2, 0) is 16.5 Å². The standard InChI is InChI=1S/C11H9F7O3S/c1-6-2-3-8(22(19,20)21)4-7(6)5-9(12,13)10(14,15)11(16,17)18/h2-4H,5H2,1H3,(H,19,20,21). The molecule has 11 heteroatoms. The van der Waals surface area contributed by atoms with Gasteiger partial charge in [0.2, 0.25) is 0 Å². The summed E-state index contributed by atoms with van der Waals surface area (Å²) < 4.78 is 119. The van der Waals surface area contributed by atoms with Crippen molar-refractivity contribution in [1.82, 2.24) is 0 Å². The summed E-state index contributed by atoms with van der Waals surface area (Å²) in [5, 5.41) is 0. The fraction of sp³-hybridized carbons (Fsp3) is 0.455. The first-order chi connectivity index (χ1) is 9.59. The first-order valence-electron chi connectivity index (χ1n) is 5.49. The molecule has 0 amide bonds. The zero-order valence-corrected chi connectivity index (χ0v) is 11.6. The van der Waals surface area contributed by atoms with Gasteiger partial charge in [0, 0.05) is 6.42 Å². The molecule has 3 nitrogen and oxygen atoms in total. The van der Waals surface area contributed by atoms with Crippen LogP contribution in [0.4, 0.5) is 30.7 Å². The van der Waals surface area contributed by atoms with Crippen LogP contribution in [0.15, 0.2) is 23.1 Å². The fourth-order valence-electron chi connectivity index (χ4n) is 1.56. The molecule has 0 aliphatic carbocycles. The highest BCUT2D eigenvalue weighted by Gasteiger charge is 2.72. The number of benzene rings is 1. The third kappa shape index (κ3) is 3.51. The van der Waals surface area contributed by atoms with Gasteiger partial charge in [-0.05, 0) is 30.2 Å². The Labute approximate surface area is 120 Å². The Morgan fingerprint density at radius 3 is 1.95 bits per heavy atom. The second-order valence-electron chi connectivity index (χ2n) is 4.52. The van der Waals surface area contributed by atoms with E-state index in [9.17, 15) is 39.2 Å². The van der Waals surface area contributed by atoms with Gasteiger partial charge in [0.1, 0.15) is 0 Å². The molecule has 0 aliphatic rings. The summed E-state index contributed by atoms with van der Waals surface area (Å²) in [5.41, 5.74) is -0.894. The van der Waals surface area contributed by atoms with E-state index in [2.05, 4.69) is 0 Å². The van der Waals surface area contributed by atoms with Crippen molar-refractivity contribution in [3.63, 3.8) is 0 Å². The Morgan fingerprint density at radius 2 is 1.55 bits per heavy atom. The average molecular weight is 354 g/mol. The van der Waals surface area contributed by atoms with Crippen molar-refractivity contribution >= 4 is 10.1 Å². The molecule has 0 bridgehead atoms. The van der Waals surface area contributed by atoms with E-state index in [0.29, 0.717) is 6.07 Å². The molecule has 1 rings (SSSR count). The zero-order chi connectivity index (χ0) is 17.6. The van der Waals surface area contributed by atoms with Crippen LogP contribution in [-0.4, -0.2) is 31.0 Å². The lowest BCUT2D eigenvalue weighted by molar-refractivity contribution is -0.354. The molecule has 0 spiro atoms. The molecular weight excluding hydrogens is 345 g/mol. The van der Waals surface area contributed by atoms with E-state index in [0.717, 1.165) is 19.1 Å². The molecule has 0 aromatic heterocycles. The van der Waals surface area contributed by atoms with Crippen LogP contribution in [0.3, 0.4) is 0 Å². The Bertz CT molecular complexity index is 665. The van der Waals surface area contributed by atoms with Crippen molar-refractivity contribution in [1.29, 1.82) is 0 Å². The number of hydrogen-bond acceptors (Lipinski definition) is 2. The van der Waals surface area contributed by atoms with Gasteiger partial charge in [0.25, 0.3) is 10.1 Å². The SMILES string of the molecule is Cc1ccc(S(=O)(=O)O)cc1CC(F)(F)C(F)(F)C(F)(F)F. The minimum atomic E-state index is -6.47. The molecule has 1 N–H and O–H groups in total. The summed E-state index contributed by atoms with van der Waals surface area (Å²) in [6, 6.07) is 2.12. The van der Waals surface area contributed by atoms with E-state index in [1.807, 2.05) is 0 Å². The van der Waals surface area contributed by atoms with Crippen molar-refractivity contribution < 1.29 is 43.7 Å². The van der Waals surface area contributed by atoms with Crippen LogP contribution in [0.2, 0.25) is 0 Å². The maximum absolute atomic E-state index is 13.3. The number of halogens is 7. The maximum atomic E-state index is 13.3. The summed E-state index contributed by atoms with van der Waals surface area (Å²) in [7, 11) is -4.82. The molecule has 22 heavy (non-hydrogen) atoms. The van der Waals surface area contributed by atoms with Gasteiger partial charge in [0.15, 0.2) is 0 Å². The molecule has 0 fully saturated rings. The Kier molecular flexibility index (Phi) is 4.56. The molecule has 126 valence electrons. The molecule has 0 unspecified atom stereocenters. The molecule has 0 atom stereocenters.